The average Bonchev–Trinajstić information content (AvgIpc) is 3.08. The lowest BCUT2D eigenvalue weighted by Gasteiger charge is -2.36. The Labute approximate surface area is 294 Å². The fraction of sp³-hybridized carbons (Fsp3) is 0.447. The molecule has 262 valence electrons. The number of hydrogen-bond donors (Lipinski definition) is 1. The summed E-state index contributed by atoms with van der Waals surface area (Å²) in [6.45, 7) is 4.34. The molecule has 2 aliphatic carbocycles. The van der Waals surface area contributed by atoms with Gasteiger partial charge in [0.05, 0.1) is 41.3 Å². The number of hydrogen-bond acceptors (Lipinski definition) is 9. The van der Waals surface area contributed by atoms with Crippen LogP contribution in [0.25, 0.3) is 11.3 Å². The number of anilines is 2. The van der Waals surface area contributed by atoms with Crippen LogP contribution < -0.4 is 14.4 Å². The maximum Gasteiger partial charge on any atom is 0.264 e. The molecule has 3 aliphatic rings. The molecule has 2 fully saturated rings. The third-order valence-electron chi connectivity index (χ3n) is 10.5. The number of amides is 1. The van der Waals surface area contributed by atoms with Crippen molar-refractivity contribution in [3.8, 4) is 17.1 Å². The lowest BCUT2D eigenvalue weighted by atomic mass is 9.84. The summed E-state index contributed by atoms with van der Waals surface area (Å²) in [6, 6.07) is 14.0. The molecule has 0 radical (unpaired) electrons. The zero-order chi connectivity index (χ0) is 34.8. The molecule has 1 atom stereocenters. The number of sulfonamides is 1. The maximum atomic E-state index is 14.6. The van der Waals surface area contributed by atoms with Gasteiger partial charge in [-0.3, -0.25) is 9.78 Å². The first-order chi connectivity index (χ1) is 24.1. The molecule has 7 rings (SSSR count). The van der Waals surface area contributed by atoms with Crippen LogP contribution in [0.15, 0.2) is 65.8 Å². The van der Waals surface area contributed by atoms with E-state index in [1.54, 1.807) is 35.5 Å². The van der Waals surface area contributed by atoms with Crippen molar-refractivity contribution in [1.82, 2.24) is 24.8 Å². The molecule has 1 N–H and O–H groups in total. The molecule has 2 aromatic carbocycles. The van der Waals surface area contributed by atoms with E-state index in [2.05, 4.69) is 24.6 Å². The second-order valence-corrected chi connectivity index (χ2v) is 15.7. The van der Waals surface area contributed by atoms with Crippen molar-refractivity contribution in [3.63, 3.8) is 0 Å². The summed E-state index contributed by atoms with van der Waals surface area (Å²) in [5, 5.41) is 0. The van der Waals surface area contributed by atoms with Gasteiger partial charge in [-0.2, -0.15) is 4.98 Å². The quantitative estimate of drug-likeness (QED) is 0.224. The van der Waals surface area contributed by atoms with Gasteiger partial charge in [-0.25, -0.2) is 23.1 Å². The largest absolute Gasteiger partial charge is 0.475 e. The van der Waals surface area contributed by atoms with Gasteiger partial charge in [-0.15, -0.1) is 0 Å². The zero-order valence-corrected chi connectivity index (χ0v) is 29.8. The molecular weight excluding hydrogens is 651 g/mol. The third-order valence-corrected chi connectivity index (χ3v) is 11.8. The predicted molar refractivity (Wildman–Crippen MR) is 193 cm³/mol. The summed E-state index contributed by atoms with van der Waals surface area (Å²) < 4.78 is 36.6. The Morgan fingerprint density at radius 3 is 2.42 bits per heavy atom. The molecule has 2 aromatic heterocycles. The molecule has 3 heterocycles. The van der Waals surface area contributed by atoms with Crippen molar-refractivity contribution in [2.75, 3.05) is 23.3 Å². The van der Waals surface area contributed by atoms with E-state index in [-0.39, 0.29) is 47.4 Å². The summed E-state index contributed by atoms with van der Waals surface area (Å²) in [4.78, 5) is 37.2. The Balaban J connectivity index is 1.32. The monoisotopic (exact) mass is 695 g/mol. The van der Waals surface area contributed by atoms with E-state index >= 15 is 0 Å². The van der Waals surface area contributed by atoms with Crippen LogP contribution in [0.1, 0.15) is 85.0 Å². The summed E-state index contributed by atoms with van der Waals surface area (Å²) in [7, 11) is -2.12. The highest BCUT2D eigenvalue weighted by Gasteiger charge is 2.32. The lowest BCUT2D eigenvalue weighted by Crippen LogP contribution is -2.45. The highest BCUT2D eigenvalue weighted by atomic mass is 32.2. The Morgan fingerprint density at radius 2 is 1.68 bits per heavy atom. The van der Waals surface area contributed by atoms with Crippen molar-refractivity contribution >= 4 is 27.7 Å². The van der Waals surface area contributed by atoms with Gasteiger partial charge in [0.25, 0.3) is 15.9 Å². The number of ether oxygens (including phenoxy) is 1. The second kappa shape index (κ2) is 14.3. The average molecular weight is 696 g/mol. The first kappa shape index (κ1) is 33.9. The van der Waals surface area contributed by atoms with Crippen molar-refractivity contribution < 1.29 is 17.9 Å². The van der Waals surface area contributed by atoms with Crippen molar-refractivity contribution in [1.29, 1.82) is 0 Å². The van der Waals surface area contributed by atoms with E-state index in [0.717, 1.165) is 67.5 Å². The third kappa shape index (κ3) is 7.31. The van der Waals surface area contributed by atoms with E-state index in [0.29, 0.717) is 23.3 Å². The number of aryl methyl sites for hydroxylation is 2. The molecule has 0 unspecified atom stereocenters. The van der Waals surface area contributed by atoms with Crippen molar-refractivity contribution in [3.05, 3.63) is 83.3 Å². The Morgan fingerprint density at radius 1 is 0.920 bits per heavy atom. The van der Waals surface area contributed by atoms with E-state index < -0.39 is 10.0 Å². The molecule has 4 bridgehead atoms. The van der Waals surface area contributed by atoms with Gasteiger partial charge in [0.1, 0.15) is 12.4 Å². The number of fused-ring (bicyclic) bond motifs is 4. The minimum absolute atomic E-state index is 0.0566. The summed E-state index contributed by atoms with van der Waals surface area (Å²) in [5.41, 5.74) is 4.34. The molecule has 50 heavy (non-hydrogen) atoms. The van der Waals surface area contributed by atoms with Crippen LogP contribution in [-0.4, -0.2) is 64.9 Å². The number of carbonyl (C=O) groups excluding carboxylic acids is 1. The molecule has 12 heteroatoms. The zero-order valence-electron chi connectivity index (χ0n) is 29.0. The normalized spacial score (nSPS) is 19.6. The van der Waals surface area contributed by atoms with Gasteiger partial charge in [0.2, 0.25) is 11.8 Å². The van der Waals surface area contributed by atoms with Crippen molar-refractivity contribution in [2.45, 2.75) is 95.2 Å². The van der Waals surface area contributed by atoms with Gasteiger partial charge in [-0.05, 0) is 74.8 Å². The predicted octanol–water partition coefficient (Wildman–Crippen LogP) is 6.71. The Kier molecular flexibility index (Phi) is 9.72. The molecular formula is C38H45N7O4S. The van der Waals surface area contributed by atoms with Crippen LogP contribution >= 0.6 is 0 Å². The van der Waals surface area contributed by atoms with Crippen molar-refractivity contribution in [2.24, 2.45) is 5.92 Å². The molecule has 2 saturated carbocycles. The molecule has 0 saturated heterocycles. The summed E-state index contributed by atoms with van der Waals surface area (Å²) in [5.74, 6) is 1.03. The number of aromatic nitrogens is 4. The summed E-state index contributed by atoms with van der Waals surface area (Å²) >= 11 is 0. The smallest absolute Gasteiger partial charge is 0.264 e. The van der Waals surface area contributed by atoms with Gasteiger partial charge >= 0.3 is 0 Å². The Bertz CT molecular complexity index is 1960. The van der Waals surface area contributed by atoms with Crippen LogP contribution in [0.3, 0.4) is 0 Å². The molecule has 11 nitrogen and oxygen atoms in total. The fourth-order valence-electron chi connectivity index (χ4n) is 7.45. The minimum atomic E-state index is -4.16. The first-order valence-corrected chi connectivity index (χ1v) is 19.2. The molecule has 4 aromatic rings. The first-order valence-electron chi connectivity index (χ1n) is 17.7. The number of carbonyl (C=O) groups is 1. The van der Waals surface area contributed by atoms with Crippen LogP contribution in [-0.2, 0) is 16.6 Å². The van der Waals surface area contributed by atoms with Crippen LogP contribution in [0.5, 0.6) is 5.88 Å². The van der Waals surface area contributed by atoms with Crippen LogP contribution in [0, 0.1) is 19.8 Å². The molecule has 1 amide bonds. The molecule has 1 aliphatic heterocycles. The highest BCUT2D eigenvalue weighted by molar-refractivity contribution is 7.92. The topological polar surface area (TPSA) is 131 Å². The van der Waals surface area contributed by atoms with E-state index in [1.165, 1.54) is 25.0 Å². The maximum absolute atomic E-state index is 14.6. The van der Waals surface area contributed by atoms with E-state index in [4.69, 9.17) is 9.72 Å². The summed E-state index contributed by atoms with van der Waals surface area (Å²) in [6.07, 6.45) is 13.4. The Hall–Kier alpha value is -4.58. The van der Waals surface area contributed by atoms with E-state index in [1.807, 2.05) is 39.1 Å². The SMILES string of the molecule is Cc1cccc(C)c1-c1cc2nc(n1)NS(=O)(=O)c1cccc(c1)C(=O)N(Cc1cncc(N(C)C3CCC3)n1)[C@H](CC1CCCCC1)CO2. The number of rotatable bonds is 7. The fourth-order valence-corrected chi connectivity index (χ4v) is 8.44. The lowest BCUT2D eigenvalue weighted by molar-refractivity contribution is 0.0527. The number of benzene rings is 2. The number of nitrogens with zero attached hydrogens (tertiary/aromatic N) is 6. The standard InChI is InChI=1S/C38H45N7O4S/c1-25-10-7-11-26(2)36(25)33-20-35-42-38(41-33)43-50(47,48)32-17-8-14-28(19-32)37(46)45(31(24-49-35)18-27-12-5-4-6-13-27)23-29-21-39-22-34(40-29)44(3)30-15-9-16-30/h7-8,10-11,14,17,19-22,27,30-31H,4-6,9,12-13,15-16,18,23-24H2,1-3H3,(H,41,42,43)/t31-/m1/s1. The highest BCUT2D eigenvalue weighted by Crippen LogP contribution is 2.33. The number of nitrogens with one attached hydrogen (secondary N) is 1. The van der Waals surface area contributed by atoms with Gasteiger partial charge in [0, 0.05) is 30.3 Å². The second-order valence-electron chi connectivity index (χ2n) is 14.0. The van der Waals surface area contributed by atoms with E-state index in [9.17, 15) is 13.2 Å². The van der Waals surface area contributed by atoms with Gasteiger partial charge in [-0.1, -0.05) is 56.4 Å². The van der Waals surface area contributed by atoms with Crippen LogP contribution in [0.4, 0.5) is 11.8 Å². The van der Waals surface area contributed by atoms with Crippen LogP contribution in [0.2, 0.25) is 0 Å². The molecule has 0 spiro atoms. The van der Waals surface area contributed by atoms with Gasteiger partial charge in [0.15, 0.2) is 0 Å². The minimum Gasteiger partial charge on any atom is -0.475 e. The van der Waals surface area contributed by atoms with Gasteiger partial charge < -0.3 is 14.5 Å².